The van der Waals surface area contributed by atoms with Gasteiger partial charge in [-0.1, -0.05) is 36.4 Å². The van der Waals surface area contributed by atoms with Gasteiger partial charge in [-0.15, -0.1) is 0 Å². The molecule has 0 bridgehead atoms. The minimum Gasteiger partial charge on any atom is -0.360 e. The van der Waals surface area contributed by atoms with Crippen LogP contribution >= 0.6 is 0 Å². The largest absolute Gasteiger partial charge is 0.360 e. The maximum absolute atomic E-state index is 13.3. The van der Waals surface area contributed by atoms with Crippen molar-refractivity contribution in [1.82, 2.24) is 0 Å². The van der Waals surface area contributed by atoms with Gasteiger partial charge in [-0.05, 0) is 36.8 Å². The van der Waals surface area contributed by atoms with Gasteiger partial charge in [0.05, 0.1) is 38.0 Å². The molecule has 2 aromatic rings. The van der Waals surface area contributed by atoms with E-state index in [4.69, 9.17) is 0 Å². The molecule has 158 valence electrons. The third kappa shape index (κ3) is 4.57. The lowest BCUT2D eigenvalue weighted by molar-refractivity contribution is -0.892. The number of carbonyl (C=O) groups is 1. The first kappa shape index (κ1) is 20.6. The number of nitrogens with one attached hydrogen (secondary N) is 1. The van der Waals surface area contributed by atoms with Crippen LogP contribution in [-0.4, -0.2) is 58.8 Å². The van der Waals surface area contributed by atoms with Crippen LogP contribution in [0.25, 0.3) is 0 Å². The van der Waals surface area contributed by atoms with Gasteiger partial charge < -0.3 is 9.80 Å². The molecule has 2 aliphatic rings. The van der Waals surface area contributed by atoms with E-state index in [0.717, 1.165) is 31.9 Å². The second-order valence-corrected chi connectivity index (χ2v) is 9.96. The molecule has 1 saturated heterocycles. The topological polar surface area (TPSA) is 62.1 Å². The molecule has 0 unspecified atom stereocenters. The molecule has 1 fully saturated rings. The fraction of sp³-hybridized carbons (Fsp3) is 0.348. The normalized spacial score (nSPS) is 21.0. The molecule has 6 nitrogen and oxygen atoms in total. The van der Waals surface area contributed by atoms with E-state index in [1.807, 2.05) is 30.3 Å². The number of amides is 1. The number of benzene rings is 2. The Bertz CT molecular complexity index is 1030. The molecular weight excluding hydrogens is 398 g/mol. The van der Waals surface area contributed by atoms with Gasteiger partial charge in [0.1, 0.15) is 0 Å². The van der Waals surface area contributed by atoms with Gasteiger partial charge in [0.25, 0.3) is 5.91 Å². The van der Waals surface area contributed by atoms with Crippen molar-refractivity contribution in [1.29, 1.82) is 0 Å². The van der Waals surface area contributed by atoms with Crippen molar-refractivity contribution in [3.05, 3.63) is 71.6 Å². The molecule has 2 heterocycles. The summed E-state index contributed by atoms with van der Waals surface area (Å²) >= 11 is 0. The maximum atomic E-state index is 13.3. The summed E-state index contributed by atoms with van der Waals surface area (Å²) in [5.74, 6) is -0.0865. The lowest BCUT2D eigenvalue weighted by Gasteiger charge is -2.35. The Balaban J connectivity index is 1.44. The Morgan fingerprint density at radius 1 is 1.07 bits per heavy atom. The summed E-state index contributed by atoms with van der Waals surface area (Å²) in [6, 6.07) is 17.3. The molecule has 7 heteroatoms. The highest BCUT2D eigenvalue weighted by atomic mass is 32.2. The maximum Gasteiger partial charge on any atom is 0.282 e. The third-order valence-electron chi connectivity index (χ3n) is 5.87. The highest BCUT2D eigenvalue weighted by Crippen LogP contribution is 2.23. The number of nitrogens with zero attached hydrogens (tertiary/aromatic N) is 2. The molecule has 1 N–H and O–H groups in total. The van der Waals surface area contributed by atoms with Gasteiger partial charge in [-0.3, -0.25) is 9.69 Å². The van der Waals surface area contributed by atoms with Crippen LogP contribution in [0.5, 0.6) is 0 Å². The number of aryl methyl sites for hydroxylation is 1. The SMILES string of the molecule is Cc1ccccc1N1CC[NH+](CC(=O)N(c2ccccc2)[C@@H]2C=CS(=O)(=O)C2)CC1. The first-order chi connectivity index (χ1) is 14.4. The van der Waals surface area contributed by atoms with Crippen molar-refractivity contribution in [2.45, 2.75) is 13.0 Å². The Kier molecular flexibility index (Phi) is 5.92. The van der Waals surface area contributed by atoms with Crippen molar-refractivity contribution in [3.63, 3.8) is 0 Å². The van der Waals surface area contributed by atoms with Crippen LogP contribution in [0.4, 0.5) is 11.4 Å². The fourth-order valence-electron chi connectivity index (χ4n) is 4.29. The number of carbonyl (C=O) groups excluding carboxylic acids is 1. The zero-order valence-electron chi connectivity index (χ0n) is 17.2. The van der Waals surface area contributed by atoms with Gasteiger partial charge in [0.2, 0.25) is 0 Å². The van der Waals surface area contributed by atoms with E-state index in [9.17, 15) is 13.2 Å². The average molecular weight is 427 g/mol. The lowest BCUT2D eigenvalue weighted by atomic mass is 10.1. The van der Waals surface area contributed by atoms with Crippen LogP contribution in [0, 0.1) is 6.92 Å². The number of sulfone groups is 1. The van der Waals surface area contributed by atoms with Crippen LogP contribution in [0.1, 0.15) is 5.56 Å². The lowest BCUT2D eigenvalue weighted by Crippen LogP contribution is -3.16. The first-order valence-electron chi connectivity index (χ1n) is 10.4. The van der Waals surface area contributed by atoms with Crippen molar-refractivity contribution >= 4 is 27.1 Å². The predicted molar refractivity (Wildman–Crippen MR) is 120 cm³/mol. The van der Waals surface area contributed by atoms with Crippen LogP contribution in [0.3, 0.4) is 0 Å². The van der Waals surface area contributed by atoms with Gasteiger partial charge in [-0.25, -0.2) is 8.42 Å². The quantitative estimate of drug-likeness (QED) is 0.776. The van der Waals surface area contributed by atoms with Crippen LogP contribution in [0.2, 0.25) is 0 Å². The Labute approximate surface area is 178 Å². The number of rotatable bonds is 5. The zero-order valence-corrected chi connectivity index (χ0v) is 18.0. The minimum absolute atomic E-state index is 0.0349. The molecule has 0 saturated carbocycles. The molecule has 0 radical (unpaired) electrons. The molecular formula is C23H28N3O3S+. The minimum atomic E-state index is -3.25. The van der Waals surface area contributed by atoms with Gasteiger partial charge in [0, 0.05) is 16.8 Å². The molecule has 30 heavy (non-hydrogen) atoms. The Morgan fingerprint density at radius 3 is 2.37 bits per heavy atom. The highest BCUT2D eigenvalue weighted by molar-refractivity contribution is 7.94. The molecule has 1 atom stereocenters. The Hall–Kier alpha value is -2.64. The highest BCUT2D eigenvalue weighted by Gasteiger charge is 2.33. The molecule has 4 rings (SSSR count). The predicted octanol–water partition coefficient (Wildman–Crippen LogP) is 1.04. The van der Waals surface area contributed by atoms with Gasteiger partial charge in [-0.2, -0.15) is 0 Å². The number of hydrogen-bond donors (Lipinski definition) is 1. The van der Waals surface area contributed by atoms with Crippen molar-refractivity contribution in [2.75, 3.05) is 48.3 Å². The second-order valence-electron chi connectivity index (χ2n) is 8.03. The van der Waals surface area contributed by atoms with Crippen molar-refractivity contribution in [2.24, 2.45) is 0 Å². The number of para-hydroxylation sites is 2. The molecule has 1 amide bonds. The van der Waals surface area contributed by atoms with E-state index >= 15 is 0 Å². The summed E-state index contributed by atoms with van der Waals surface area (Å²) in [6.07, 6.45) is 1.63. The standard InChI is InChI=1S/C23H27N3O3S/c1-19-7-5-6-10-22(19)25-14-12-24(13-15-25)17-23(27)26(20-8-3-2-4-9-20)21-11-16-30(28,29)18-21/h2-11,16,21H,12-15,17-18H2,1H3/p+1/t21-/m1/s1. The first-order valence-corrected chi connectivity index (χ1v) is 12.1. The summed E-state index contributed by atoms with van der Waals surface area (Å²) in [5.41, 5.74) is 3.27. The van der Waals surface area contributed by atoms with Crippen molar-refractivity contribution in [3.8, 4) is 0 Å². The van der Waals surface area contributed by atoms with Crippen LogP contribution in [0.15, 0.2) is 66.1 Å². The second kappa shape index (κ2) is 8.62. The number of anilines is 2. The number of hydrogen-bond acceptors (Lipinski definition) is 4. The molecule has 0 spiro atoms. The number of quaternary nitrogens is 1. The van der Waals surface area contributed by atoms with Gasteiger partial charge >= 0.3 is 0 Å². The molecule has 2 aliphatic heterocycles. The summed E-state index contributed by atoms with van der Waals surface area (Å²) in [5, 5.41) is 1.23. The average Bonchev–Trinajstić information content (AvgIpc) is 3.09. The molecule has 2 aromatic carbocycles. The van der Waals surface area contributed by atoms with E-state index < -0.39 is 15.9 Å². The molecule has 0 aliphatic carbocycles. The monoisotopic (exact) mass is 426 g/mol. The van der Waals surface area contributed by atoms with Crippen LogP contribution in [-0.2, 0) is 14.6 Å². The Morgan fingerprint density at radius 2 is 1.73 bits per heavy atom. The zero-order chi connectivity index (χ0) is 21.1. The van der Waals surface area contributed by atoms with E-state index in [-0.39, 0.29) is 11.7 Å². The van der Waals surface area contributed by atoms with Crippen LogP contribution < -0.4 is 14.7 Å². The number of piperazine rings is 1. The summed E-state index contributed by atoms with van der Waals surface area (Å²) in [6.45, 7) is 6.04. The van der Waals surface area contributed by atoms with Crippen molar-refractivity contribution < 1.29 is 18.1 Å². The smallest absolute Gasteiger partial charge is 0.282 e. The molecule has 0 aromatic heterocycles. The summed E-state index contributed by atoms with van der Waals surface area (Å²) in [7, 11) is -3.25. The summed E-state index contributed by atoms with van der Waals surface area (Å²) < 4.78 is 23.9. The summed E-state index contributed by atoms with van der Waals surface area (Å²) in [4.78, 5) is 18.5. The van der Waals surface area contributed by atoms with Gasteiger partial charge in [0.15, 0.2) is 16.4 Å². The van der Waals surface area contributed by atoms with E-state index in [0.29, 0.717) is 6.54 Å². The van der Waals surface area contributed by atoms with E-state index in [1.54, 1.807) is 11.0 Å². The van der Waals surface area contributed by atoms with E-state index in [1.165, 1.54) is 21.6 Å². The fourth-order valence-corrected chi connectivity index (χ4v) is 5.56. The van der Waals surface area contributed by atoms with E-state index in [2.05, 4.69) is 36.1 Å². The third-order valence-corrected chi connectivity index (χ3v) is 7.25.